The number of amides is 1. The number of piperazine rings is 1. The third-order valence-electron chi connectivity index (χ3n) is 5.80. The minimum atomic E-state index is -3.90. The molecule has 0 bridgehead atoms. The molecule has 1 aliphatic rings. The highest BCUT2D eigenvalue weighted by Gasteiger charge is 2.33. The van der Waals surface area contributed by atoms with Crippen molar-refractivity contribution in [3.05, 3.63) is 69.5 Å². The van der Waals surface area contributed by atoms with Crippen LogP contribution in [0.4, 0.5) is 0 Å². The quantitative estimate of drug-likeness (QED) is 0.372. The van der Waals surface area contributed by atoms with Crippen molar-refractivity contribution in [1.82, 2.24) is 24.2 Å². The molecule has 8 nitrogen and oxygen atoms in total. The molecule has 0 N–H and O–H groups in total. The Balaban J connectivity index is 1.33. The summed E-state index contributed by atoms with van der Waals surface area (Å²) < 4.78 is 28.0. The molecule has 35 heavy (non-hydrogen) atoms. The Kier molecular flexibility index (Phi) is 6.49. The Morgan fingerprint density at radius 3 is 2.49 bits per heavy atom. The first-order valence-electron chi connectivity index (χ1n) is 10.7. The monoisotopic (exact) mass is 547 g/mol. The zero-order valence-corrected chi connectivity index (χ0v) is 21.6. The number of hydrogen-bond acceptors (Lipinski definition) is 7. The molecule has 12 heteroatoms. The van der Waals surface area contributed by atoms with Crippen LogP contribution in [0.3, 0.4) is 0 Å². The van der Waals surface area contributed by atoms with Gasteiger partial charge in [0.05, 0.1) is 16.2 Å². The van der Waals surface area contributed by atoms with Gasteiger partial charge in [-0.2, -0.15) is 4.31 Å². The van der Waals surface area contributed by atoms with Crippen LogP contribution in [0.2, 0.25) is 10.0 Å². The predicted molar refractivity (Wildman–Crippen MR) is 137 cm³/mol. The summed E-state index contributed by atoms with van der Waals surface area (Å²) in [4.78, 5) is 28.1. The largest absolute Gasteiger partial charge is 0.335 e. The number of thiazole rings is 1. The van der Waals surface area contributed by atoms with E-state index in [4.69, 9.17) is 23.2 Å². The third kappa shape index (κ3) is 4.52. The molecule has 1 aliphatic heterocycles. The van der Waals surface area contributed by atoms with Gasteiger partial charge in [0.25, 0.3) is 5.91 Å². The fourth-order valence-corrected chi connectivity index (χ4v) is 7.07. The second-order valence-electron chi connectivity index (χ2n) is 7.96. The van der Waals surface area contributed by atoms with Crippen LogP contribution >= 0.6 is 34.5 Å². The predicted octanol–water partition coefficient (Wildman–Crippen LogP) is 4.52. The van der Waals surface area contributed by atoms with E-state index in [1.54, 1.807) is 42.4 Å². The van der Waals surface area contributed by atoms with Gasteiger partial charge in [0.1, 0.15) is 14.8 Å². The minimum absolute atomic E-state index is 0.0611. The van der Waals surface area contributed by atoms with Gasteiger partial charge in [0, 0.05) is 60.7 Å². The average Bonchev–Trinajstić information content (AvgIpc) is 3.25. The molecule has 1 saturated heterocycles. The zero-order chi connectivity index (χ0) is 24.7. The number of halogens is 2. The Morgan fingerprint density at radius 2 is 1.77 bits per heavy atom. The number of carbonyl (C=O) groups is 1. The SMILES string of the molecule is Cc1nc(-c2ccncc2)sc1C(=O)N1CCN(S(=O)(=O)c2cnc3cc(Cl)ccc3c2Cl)CC1. The van der Waals surface area contributed by atoms with Crippen LogP contribution < -0.4 is 0 Å². The zero-order valence-electron chi connectivity index (χ0n) is 18.5. The lowest BCUT2D eigenvalue weighted by Crippen LogP contribution is -2.50. The van der Waals surface area contributed by atoms with Gasteiger partial charge in [0.2, 0.25) is 10.0 Å². The second-order valence-corrected chi connectivity index (χ2v) is 11.7. The lowest BCUT2D eigenvalue weighted by atomic mass is 10.2. The van der Waals surface area contributed by atoms with Crippen LogP contribution in [0.5, 0.6) is 0 Å². The molecule has 1 aromatic carbocycles. The molecular weight excluding hydrogens is 529 g/mol. The number of aryl methyl sites for hydroxylation is 1. The van der Waals surface area contributed by atoms with E-state index in [0.717, 1.165) is 10.6 Å². The topological polar surface area (TPSA) is 96.4 Å². The maximum Gasteiger partial charge on any atom is 0.265 e. The molecule has 0 spiro atoms. The minimum Gasteiger partial charge on any atom is -0.335 e. The summed E-state index contributed by atoms with van der Waals surface area (Å²) >= 11 is 13.8. The summed E-state index contributed by atoms with van der Waals surface area (Å²) in [6.45, 7) is 2.62. The van der Waals surface area contributed by atoms with Crippen molar-refractivity contribution in [2.45, 2.75) is 11.8 Å². The highest BCUT2D eigenvalue weighted by Crippen LogP contribution is 2.33. The maximum atomic E-state index is 13.3. The third-order valence-corrected chi connectivity index (χ3v) is 9.65. The van der Waals surface area contributed by atoms with Crippen LogP contribution in [0.25, 0.3) is 21.5 Å². The second kappa shape index (κ2) is 9.44. The maximum absolute atomic E-state index is 13.3. The van der Waals surface area contributed by atoms with Gasteiger partial charge in [-0.05, 0) is 37.3 Å². The van der Waals surface area contributed by atoms with Crippen molar-refractivity contribution in [3.63, 3.8) is 0 Å². The number of fused-ring (bicyclic) bond motifs is 1. The first kappa shape index (κ1) is 24.1. The van der Waals surface area contributed by atoms with Gasteiger partial charge in [-0.15, -0.1) is 11.3 Å². The average molecular weight is 548 g/mol. The van der Waals surface area contributed by atoms with E-state index in [9.17, 15) is 13.2 Å². The van der Waals surface area contributed by atoms with E-state index >= 15 is 0 Å². The van der Waals surface area contributed by atoms with Crippen molar-refractivity contribution in [1.29, 1.82) is 0 Å². The van der Waals surface area contributed by atoms with Gasteiger partial charge in [0.15, 0.2) is 0 Å². The standard InChI is InChI=1S/C23H19Cl2N5O3S2/c1-14-21(34-22(28-14)15-4-6-26-7-5-15)23(31)29-8-10-30(11-9-29)35(32,33)19-13-27-18-12-16(24)2-3-17(18)20(19)25/h2-7,12-13H,8-11H2,1H3. The highest BCUT2D eigenvalue weighted by atomic mass is 35.5. The fraction of sp³-hybridized carbons (Fsp3) is 0.217. The summed E-state index contributed by atoms with van der Waals surface area (Å²) in [5.74, 6) is -0.153. The molecule has 0 saturated carbocycles. The molecular formula is C23H19Cl2N5O3S2. The summed E-state index contributed by atoms with van der Waals surface area (Å²) in [6.07, 6.45) is 4.62. The normalized spacial score (nSPS) is 15.0. The summed E-state index contributed by atoms with van der Waals surface area (Å²) in [5, 5.41) is 1.85. The number of benzene rings is 1. The molecule has 0 unspecified atom stereocenters. The molecule has 0 aliphatic carbocycles. The molecule has 0 radical (unpaired) electrons. The molecule has 1 fully saturated rings. The van der Waals surface area contributed by atoms with Crippen LogP contribution in [-0.4, -0.2) is 64.7 Å². The number of rotatable bonds is 4. The van der Waals surface area contributed by atoms with E-state index in [-0.39, 0.29) is 42.0 Å². The Hall–Kier alpha value is -2.63. The Bertz CT molecular complexity index is 1540. The molecule has 3 aromatic heterocycles. The summed E-state index contributed by atoms with van der Waals surface area (Å²) in [7, 11) is -3.90. The number of sulfonamides is 1. The van der Waals surface area contributed by atoms with E-state index in [2.05, 4.69) is 15.0 Å². The van der Waals surface area contributed by atoms with Gasteiger partial charge >= 0.3 is 0 Å². The molecule has 5 rings (SSSR count). The van der Waals surface area contributed by atoms with E-state index < -0.39 is 10.0 Å². The summed E-state index contributed by atoms with van der Waals surface area (Å²) in [5.41, 5.74) is 2.06. The molecule has 4 aromatic rings. The van der Waals surface area contributed by atoms with Crippen molar-refractivity contribution < 1.29 is 13.2 Å². The molecule has 1 amide bonds. The number of carbonyl (C=O) groups excluding carboxylic acids is 1. The van der Waals surface area contributed by atoms with Crippen molar-refractivity contribution in [3.8, 4) is 10.6 Å². The van der Waals surface area contributed by atoms with Gasteiger partial charge in [-0.25, -0.2) is 13.4 Å². The Labute approximate surface area is 216 Å². The number of pyridine rings is 2. The Morgan fingerprint density at radius 1 is 1.06 bits per heavy atom. The fourth-order valence-electron chi connectivity index (χ4n) is 3.92. The first-order valence-corrected chi connectivity index (χ1v) is 13.7. The molecule has 180 valence electrons. The van der Waals surface area contributed by atoms with Gasteiger partial charge in [-0.1, -0.05) is 23.2 Å². The summed E-state index contributed by atoms with van der Waals surface area (Å²) in [6, 6.07) is 8.61. The van der Waals surface area contributed by atoms with Crippen LogP contribution in [-0.2, 0) is 10.0 Å². The van der Waals surface area contributed by atoms with Crippen LogP contribution in [0.1, 0.15) is 15.4 Å². The number of hydrogen-bond donors (Lipinski definition) is 0. The van der Waals surface area contributed by atoms with Gasteiger partial charge in [-0.3, -0.25) is 14.8 Å². The molecule has 0 atom stereocenters. The van der Waals surface area contributed by atoms with Crippen LogP contribution in [0, 0.1) is 6.92 Å². The van der Waals surface area contributed by atoms with Gasteiger partial charge < -0.3 is 4.90 Å². The lowest BCUT2D eigenvalue weighted by Gasteiger charge is -2.34. The first-order chi connectivity index (χ1) is 16.8. The van der Waals surface area contributed by atoms with E-state index in [1.807, 2.05) is 12.1 Å². The van der Waals surface area contributed by atoms with Crippen molar-refractivity contribution in [2.24, 2.45) is 0 Å². The molecule has 4 heterocycles. The van der Waals surface area contributed by atoms with Crippen molar-refractivity contribution >= 4 is 61.4 Å². The van der Waals surface area contributed by atoms with E-state index in [1.165, 1.54) is 21.8 Å². The van der Waals surface area contributed by atoms with Crippen molar-refractivity contribution in [2.75, 3.05) is 26.2 Å². The highest BCUT2D eigenvalue weighted by molar-refractivity contribution is 7.89. The lowest BCUT2D eigenvalue weighted by molar-refractivity contribution is 0.0702. The van der Waals surface area contributed by atoms with Crippen LogP contribution in [0.15, 0.2) is 53.8 Å². The van der Waals surface area contributed by atoms with E-state index in [0.29, 0.717) is 26.5 Å². The smallest absolute Gasteiger partial charge is 0.265 e. The number of aromatic nitrogens is 3. The number of nitrogens with zero attached hydrogens (tertiary/aromatic N) is 5.